The summed E-state index contributed by atoms with van der Waals surface area (Å²) in [6.07, 6.45) is 3.04. The van der Waals surface area contributed by atoms with Crippen LogP contribution in [0.5, 0.6) is 0 Å². The van der Waals surface area contributed by atoms with E-state index in [2.05, 4.69) is 10.4 Å². The Morgan fingerprint density at radius 2 is 2.04 bits per heavy atom. The van der Waals surface area contributed by atoms with Crippen LogP contribution in [-0.2, 0) is 11.2 Å². The Balaban J connectivity index is 2.33. The van der Waals surface area contributed by atoms with Crippen LogP contribution in [0.25, 0.3) is 5.69 Å². The van der Waals surface area contributed by atoms with Crippen molar-refractivity contribution >= 4 is 23.5 Å². The number of amides is 1. The highest BCUT2D eigenvalue weighted by atomic mass is 35.5. The van der Waals surface area contributed by atoms with Gasteiger partial charge >= 0.3 is 5.97 Å². The Bertz CT molecular complexity index is 742. The third kappa shape index (κ3) is 3.76. The van der Waals surface area contributed by atoms with E-state index >= 15 is 0 Å². The van der Waals surface area contributed by atoms with Crippen LogP contribution in [0.1, 0.15) is 42.7 Å². The molecule has 6 nitrogen and oxygen atoms in total. The Morgan fingerprint density at radius 1 is 1.33 bits per heavy atom. The first-order valence-electron chi connectivity index (χ1n) is 7.85. The number of aliphatic carboxylic acids is 1. The summed E-state index contributed by atoms with van der Waals surface area (Å²) in [5.41, 5.74) is 1.72. The molecule has 0 aliphatic heterocycles. The van der Waals surface area contributed by atoms with Gasteiger partial charge in [0, 0.05) is 0 Å². The fourth-order valence-corrected chi connectivity index (χ4v) is 2.73. The van der Waals surface area contributed by atoms with E-state index in [4.69, 9.17) is 11.6 Å². The van der Waals surface area contributed by atoms with E-state index in [1.165, 1.54) is 6.20 Å². The molecule has 128 valence electrons. The molecule has 0 saturated carbocycles. The minimum absolute atomic E-state index is 0.361. The Labute approximate surface area is 145 Å². The van der Waals surface area contributed by atoms with Gasteiger partial charge in [-0.15, -0.1) is 0 Å². The van der Waals surface area contributed by atoms with Crippen molar-refractivity contribution in [3.8, 4) is 5.69 Å². The summed E-state index contributed by atoms with van der Waals surface area (Å²) in [4.78, 5) is 23.7. The zero-order chi connectivity index (χ0) is 17.7. The maximum absolute atomic E-state index is 12.5. The summed E-state index contributed by atoms with van der Waals surface area (Å²) in [6, 6.07) is 6.31. The maximum atomic E-state index is 12.5. The van der Waals surface area contributed by atoms with Crippen LogP contribution in [0.15, 0.2) is 30.5 Å². The lowest BCUT2D eigenvalue weighted by Gasteiger charge is -2.14. The minimum Gasteiger partial charge on any atom is -0.480 e. The molecule has 1 amide bonds. The number of para-hydroxylation sites is 1. The zero-order valence-corrected chi connectivity index (χ0v) is 14.4. The molecule has 1 atom stereocenters. The summed E-state index contributed by atoms with van der Waals surface area (Å²) >= 11 is 6.20. The molecule has 0 aliphatic carbocycles. The quantitative estimate of drug-likeness (QED) is 0.804. The van der Waals surface area contributed by atoms with Gasteiger partial charge in [-0.2, -0.15) is 5.10 Å². The van der Waals surface area contributed by atoms with E-state index in [1.54, 1.807) is 10.7 Å². The monoisotopic (exact) mass is 349 g/mol. The van der Waals surface area contributed by atoms with Gasteiger partial charge in [0.2, 0.25) is 0 Å². The zero-order valence-electron chi connectivity index (χ0n) is 13.6. The van der Waals surface area contributed by atoms with Gasteiger partial charge in [-0.3, -0.25) is 4.79 Å². The van der Waals surface area contributed by atoms with Crippen molar-refractivity contribution in [2.45, 2.75) is 39.2 Å². The van der Waals surface area contributed by atoms with E-state index in [0.717, 1.165) is 0 Å². The Morgan fingerprint density at radius 3 is 2.62 bits per heavy atom. The number of hydrogen-bond acceptors (Lipinski definition) is 3. The van der Waals surface area contributed by atoms with Gasteiger partial charge in [0.1, 0.15) is 6.04 Å². The Hall–Kier alpha value is -2.34. The molecular formula is C17H20ClN3O3. The molecule has 7 heteroatoms. The highest BCUT2D eigenvalue weighted by molar-refractivity contribution is 6.32. The molecule has 0 spiro atoms. The number of nitrogens with zero attached hydrogens (tertiary/aromatic N) is 2. The van der Waals surface area contributed by atoms with E-state index < -0.39 is 17.9 Å². The number of carboxylic acids is 1. The van der Waals surface area contributed by atoms with Crippen molar-refractivity contribution in [2.24, 2.45) is 0 Å². The molecule has 2 aromatic rings. The smallest absolute Gasteiger partial charge is 0.326 e. The third-order valence-electron chi connectivity index (χ3n) is 3.71. The van der Waals surface area contributed by atoms with Gasteiger partial charge in [-0.25, -0.2) is 9.48 Å². The van der Waals surface area contributed by atoms with Crippen LogP contribution in [0.2, 0.25) is 5.02 Å². The highest BCUT2D eigenvalue weighted by Crippen LogP contribution is 2.23. The second-order valence-corrected chi connectivity index (χ2v) is 5.78. The van der Waals surface area contributed by atoms with Gasteiger partial charge in [-0.05, 0) is 25.0 Å². The van der Waals surface area contributed by atoms with Crippen LogP contribution in [0, 0.1) is 0 Å². The standard InChI is InChI=1S/C17H20ClN3O3/c1-3-7-13(17(23)24)20-16(22)11-10-19-21(14(11)4-2)15-9-6-5-8-12(15)18/h5-6,8-10,13H,3-4,7H2,1-2H3,(H,20,22)(H,23,24). The minimum atomic E-state index is -1.04. The van der Waals surface area contributed by atoms with Gasteiger partial charge < -0.3 is 10.4 Å². The average molecular weight is 350 g/mol. The normalized spacial score (nSPS) is 12.0. The molecule has 1 unspecified atom stereocenters. The van der Waals surface area contributed by atoms with Crippen molar-refractivity contribution in [3.05, 3.63) is 46.7 Å². The summed E-state index contributed by atoms with van der Waals surface area (Å²) in [6.45, 7) is 3.77. The maximum Gasteiger partial charge on any atom is 0.326 e. The number of benzene rings is 1. The van der Waals surface area contributed by atoms with E-state index in [0.29, 0.717) is 41.2 Å². The SMILES string of the molecule is CCCC(NC(=O)c1cnn(-c2ccccc2Cl)c1CC)C(=O)O. The summed E-state index contributed by atoms with van der Waals surface area (Å²) in [7, 11) is 0. The van der Waals surface area contributed by atoms with E-state index in [9.17, 15) is 14.7 Å². The number of aromatic nitrogens is 2. The predicted octanol–water partition coefficient (Wildman–Crippen LogP) is 3.07. The van der Waals surface area contributed by atoms with Crippen LogP contribution >= 0.6 is 11.6 Å². The number of nitrogens with one attached hydrogen (secondary N) is 1. The second kappa shape index (κ2) is 7.97. The number of hydrogen-bond donors (Lipinski definition) is 2. The third-order valence-corrected chi connectivity index (χ3v) is 4.03. The largest absolute Gasteiger partial charge is 0.480 e. The number of rotatable bonds is 7. The molecule has 1 aromatic heterocycles. The fourth-order valence-electron chi connectivity index (χ4n) is 2.52. The van der Waals surface area contributed by atoms with Crippen LogP contribution in [0.3, 0.4) is 0 Å². The molecule has 1 aromatic carbocycles. The molecule has 24 heavy (non-hydrogen) atoms. The molecule has 0 aliphatic rings. The first-order valence-corrected chi connectivity index (χ1v) is 8.22. The molecule has 0 saturated heterocycles. The molecular weight excluding hydrogens is 330 g/mol. The summed E-state index contributed by atoms with van der Waals surface area (Å²) in [5.74, 6) is -1.48. The number of carbonyl (C=O) groups is 2. The van der Waals surface area contributed by atoms with Gasteiger partial charge in [0.25, 0.3) is 5.91 Å². The molecule has 2 N–H and O–H groups in total. The lowest BCUT2D eigenvalue weighted by atomic mass is 10.1. The first kappa shape index (κ1) is 18.0. The van der Waals surface area contributed by atoms with Crippen LogP contribution in [0.4, 0.5) is 0 Å². The van der Waals surface area contributed by atoms with E-state index in [-0.39, 0.29) is 0 Å². The van der Waals surface area contributed by atoms with Crippen LogP contribution < -0.4 is 5.32 Å². The van der Waals surface area contributed by atoms with Gasteiger partial charge in [-0.1, -0.05) is 44.0 Å². The molecule has 0 bridgehead atoms. The van der Waals surface area contributed by atoms with Crippen molar-refractivity contribution in [2.75, 3.05) is 0 Å². The van der Waals surface area contributed by atoms with Crippen molar-refractivity contribution in [3.63, 3.8) is 0 Å². The number of carbonyl (C=O) groups excluding carboxylic acids is 1. The van der Waals surface area contributed by atoms with Crippen molar-refractivity contribution in [1.82, 2.24) is 15.1 Å². The molecule has 0 fully saturated rings. The summed E-state index contributed by atoms with van der Waals surface area (Å²) < 4.78 is 1.62. The van der Waals surface area contributed by atoms with Crippen molar-refractivity contribution < 1.29 is 14.7 Å². The van der Waals surface area contributed by atoms with Gasteiger partial charge in [0.05, 0.1) is 28.2 Å². The molecule has 2 rings (SSSR count). The lowest BCUT2D eigenvalue weighted by Crippen LogP contribution is -2.40. The average Bonchev–Trinajstić information content (AvgIpc) is 2.98. The molecule has 0 radical (unpaired) electrons. The van der Waals surface area contributed by atoms with Crippen LogP contribution in [-0.4, -0.2) is 32.8 Å². The first-order chi connectivity index (χ1) is 11.5. The fraction of sp³-hybridized carbons (Fsp3) is 0.353. The van der Waals surface area contributed by atoms with E-state index in [1.807, 2.05) is 32.0 Å². The number of halogens is 1. The lowest BCUT2D eigenvalue weighted by molar-refractivity contribution is -0.139. The summed E-state index contributed by atoms with van der Waals surface area (Å²) in [5, 5.41) is 16.5. The molecule has 1 heterocycles. The predicted molar refractivity (Wildman–Crippen MR) is 91.8 cm³/mol. The second-order valence-electron chi connectivity index (χ2n) is 5.37. The highest BCUT2D eigenvalue weighted by Gasteiger charge is 2.23. The Kier molecular flexibility index (Phi) is 5.98. The van der Waals surface area contributed by atoms with Gasteiger partial charge in [0.15, 0.2) is 0 Å². The van der Waals surface area contributed by atoms with Crippen molar-refractivity contribution in [1.29, 1.82) is 0 Å². The number of carboxylic acid groups (broad SMARTS) is 1. The topological polar surface area (TPSA) is 84.2 Å².